The van der Waals surface area contributed by atoms with E-state index in [-0.39, 0.29) is 24.2 Å². The van der Waals surface area contributed by atoms with Crippen LogP contribution in [0.4, 0.5) is 17.1 Å². The molecule has 0 radical (unpaired) electrons. The van der Waals surface area contributed by atoms with Gasteiger partial charge >= 0.3 is 0 Å². The first-order valence-electron chi connectivity index (χ1n) is 9.06. The third-order valence-corrected chi connectivity index (χ3v) is 5.95. The van der Waals surface area contributed by atoms with Gasteiger partial charge in [-0.05, 0) is 43.2 Å². The summed E-state index contributed by atoms with van der Waals surface area (Å²) in [6, 6.07) is 11.1. The molecule has 1 heterocycles. The van der Waals surface area contributed by atoms with E-state index in [1.54, 1.807) is 36.4 Å². The molecule has 0 aromatic heterocycles. The van der Waals surface area contributed by atoms with Crippen LogP contribution in [-0.2, 0) is 16.4 Å². The van der Waals surface area contributed by atoms with E-state index in [0.717, 1.165) is 5.56 Å². The monoisotopic (exact) mass is 418 g/mol. The Labute approximate surface area is 168 Å². The molecule has 154 valence electrons. The maximum absolute atomic E-state index is 12.4. The molecule has 1 amide bonds. The molecule has 0 bridgehead atoms. The Hall–Kier alpha value is -3.14. The fraction of sp³-hybridized carbons (Fsp3) is 0.316. The Balaban J connectivity index is 1.60. The number of nitro groups is 1. The molecule has 0 spiro atoms. The van der Waals surface area contributed by atoms with E-state index in [1.807, 2.05) is 6.92 Å². The number of para-hydroxylation sites is 2. The average Bonchev–Trinajstić information content (AvgIpc) is 3.00. The van der Waals surface area contributed by atoms with Gasteiger partial charge < -0.3 is 10.6 Å². The smallest absolute Gasteiger partial charge is 0.292 e. The number of hydrogen-bond acceptors (Lipinski definition) is 6. The lowest BCUT2D eigenvalue weighted by molar-refractivity contribution is -0.384. The SMILES string of the molecule is C[C@H]1Cc2cc(C(=O)NCCNc3ccccc3[N+](=O)[O-])ccc2N1S(C)(=O)=O. The van der Waals surface area contributed by atoms with Crippen LogP contribution in [0.15, 0.2) is 42.5 Å². The number of rotatable bonds is 7. The topological polar surface area (TPSA) is 122 Å². The molecule has 3 rings (SSSR count). The first-order chi connectivity index (χ1) is 13.7. The van der Waals surface area contributed by atoms with Crippen molar-refractivity contribution in [1.82, 2.24) is 5.32 Å². The van der Waals surface area contributed by atoms with E-state index >= 15 is 0 Å². The summed E-state index contributed by atoms with van der Waals surface area (Å²) in [7, 11) is -3.38. The number of carbonyl (C=O) groups excluding carboxylic acids is 1. The van der Waals surface area contributed by atoms with Gasteiger partial charge in [-0.3, -0.25) is 19.2 Å². The zero-order valence-corrected chi connectivity index (χ0v) is 16.9. The lowest BCUT2D eigenvalue weighted by Gasteiger charge is -2.21. The zero-order chi connectivity index (χ0) is 21.2. The van der Waals surface area contributed by atoms with Crippen LogP contribution in [0.3, 0.4) is 0 Å². The Bertz CT molecular complexity index is 1050. The van der Waals surface area contributed by atoms with Crippen molar-refractivity contribution in [1.29, 1.82) is 0 Å². The molecule has 0 unspecified atom stereocenters. The molecule has 0 fully saturated rings. The largest absolute Gasteiger partial charge is 0.378 e. The average molecular weight is 418 g/mol. The predicted octanol–water partition coefficient (Wildman–Crippen LogP) is 2.15. The summed E-state index contributed by atoms with van der Waals surface area (Å²) >= 11 is 0. The summed E-state index contributed by atoms with van der Waals surface area (Å²) in [5.74, 6) is -0.289. The molecular formula is C19H22N4O5S. The van der Waals surface area contributed by atoms with Crippen LogP contribution in [0.1, 0.15) is 22.8 Å². The van der Waals surface area contributed by atoms with Crippen molar-refractivity contribution in [3.05, 3.63) is 63.7 Å². The third kappa shape index (κ3) is 4.48. The number of nitrogens with one attached hydrogen (secondary N) is 2. The number of carbonyl (C=O) groups is 1. The van der Waals surface area contributed by atoms with Crippen molar-refractivity contribution in [2.24, 2.45) is 0 Å². The summed E-state index contributed by atoms with van der Waals surface area (Å²) < 4.78 is 25.3. The van der Waals surface area contributed by atoms with Gasteiger partial charge in [0.1, 0.15) is 5.69 Å². The molecule has 10 heteroatoms. The molecule has 1 aliphatic rings. The highest BCUT2D eigenvalue weighted by Crippen LogP contribution is 2.34. The number of sulfonamides is 1. The molecule has 1 atom stereocenters. The summed E-state index contributed by atoms with van der Waals surface area (Å²) in [6.45, 7) is 2.42. The lowest BCUT2D eigenvalue weighted by Crippen LogP contribution is -2.34. The highest BCUT2D eigenvalue weighted by molar-refractivity contribution is 7.92. The van der Waals surface area contributed by atoms with E-state index in [9.17, 15) is 23.3 Å². The molecule has 29 heavy (non-hydrogen) atoms. The number of nitro benzene ring substituents is 1. The molecule has 0 saturated heterocycles. The van der Waals surface area contributed by atoms with Crippen LogP contribution in [0.25, 0.3) is 0 Å². The zero-order valence-electron chi connectivity index (χ0n) is 16.1. The van der Waals surface area contributed by atoms with Crippen LogP contribution < -0.4 is 14.9 Å². The molecule has 0 aliphatic carbocycles. The molecule has 2 N–H and O–H groups in total. The standard InChI is InChI=1S/C19H22N4O5S/c1-13-11-15-12-14(7-8-17(15)22(13)29(2,27)28)19(24)21-10-9-20-16-5-3-4-6-18(16)23(25)26/h3-8,12-13,20H,9-11H2,1-2H3,(H,21,24)/t13-/m0/s1. The molecule has 2 aromatic carbocycles. The van der Waals surface area contributed by atoms with E-state index in [2.05, 4.69) is 10.6 Å². The van der Waals surface area contributed by atoms with Gasteiger partial charge in [-0.25, -0.2) is 8.42 Å². The highest BCUT2D eigenvalue weighted by atomic mass is 32.2. The van der Waals surface area contributed by atoms with Gasteiger partial charge in [-0.1, -0.05) is 12.1 Å². The number of nitrogens with zero attached hydrogens (tertiary/aromatic N) is 2. The Morgan fingerprint density at radius 3 is 2.66 bits per heavy atom. The van der Waals surface area contributed by atoms with Gasteiger partial charge in [-0.2, -0.15) is 0 Å². The molecule has 2 aromatic rings. The van der Waals surface area contributed by atoms with E-state index < -0.39 is 14.9 Å². The maximum atomic E-state index is 12.4. The second-order valence-electron chi connectivity index (χ2n) is 6.91. The van der Waals surface area contributed by atoms with Gasteiger partial charge in [0.05, 0.1) is 16.9 Å². The Morgan fingerprint density at radius 2 is 1.97 bits per heavy atom. The first-order valence-corrected chi connectivity index (χ1v) is 10.9. The van der Waals surface area contributed by atoms with Crippen molar-refractivity contribution in [3.63, 3.8) is 0 Å². The molecule has 1 aliphatic heterocycles. The minimum absolute atomic E-state index is 0.0259. The number of fused-ring (bicyclic) bond motifs is 1. The van der Waals surface area contributed by atoms with Gasteiger partial charge in [0.25, 0.3) is 11.6 Å². The Morgan fingerprint density at radius 1 is 1.24 bits per heavy atom. The fourth-order valence-electron chi connectivity index (χ4n) is 3.51. The Kier molecular flexibility index (Phi) is 5.73. The van der Waals surface area contributed by atoms with Crippen LogP contribution in [0.5, 0.6) is 0 Å². The fourth-order valence-corrected chi connectivity index (χ4v) is 4.77. The second kappa shape index (κ2) is 8.08. The molecule has 9 nitrogen and oxygen atoms in total. The normalized spacial score (nSPS) is 15.7. The maximum Gasteiger partial charge on any atom is 0.292 e. The predicted molar refractivity (Wildman–Crippen MR) is 111 cm³/mol. The van der Waals surface area contributed by atoms with Crippen molar-refractivity contribution in [2.75, 3.05) is 29.0 Å². The quantitative estimate of drug-likeness (QED) is 0.404. The van der Waals surface area contributed by atoms with Crippen molar-refractivity contribution >= 4 is 33.0 Å². The first kappa shape index (κ1) is 20.6. The van der Waals surface area contributed by atoms with Crippen molar-refractivity contribution in [3.8, 4) is 0 Å². The summed E-state index contributed by atoms with van der Waals surface area (Å²) in [6.07, 6.45) is 1.71. The summed E-state index contributed by atoms with van der Waals surface area (Å²) in [4.78, 5) is 22.9. The van der Waals surface area contributed by atoms with Crippen molar-refractivity contribution < 1.29 is 18.1 Å². The van der Waals surface area contributed by atoms with E-state index in [4.69, 9.17) is 0 Å². The van der Waals surface area contributed by atoms with Crippen LogP contribution in [0.2, 0.25) is 0 Å². The van der Waals surface area contributed by atoms with Crippen LogP contribution in [0, 0.1) is 10.1 Å². The molecular weight excluding hydrogens is 396 g/mol. The van der Waals surface area contributed by atoms with Gasteiger partial charge in [0.2, 0.25) is 10.0 Å². The molecule has 0 saturated carbocycles. The highest BCUT2D eigenvalue weighted by Gasteiger charge is 2.32. The van der Waals surface area contributed by atoms with Gasteiger partial charge in [0.15, 0.2) is 0 Å². The van der Waals surface area contributed by atoms with Gasteiger partial charge in [0, 0.05) is 30.8 Å². The third-order valence-electron chi connectivity index (χ3n) is 4.68. The minimum atomic E-state index is -3.38. The number of benzene rings is 2. The summed E-state index contributed by atoms with van der Waals surface area (Å²) in [5.41, 5.74) is 2.22. The van der Waals surface area contributed by atoms with Crippen LogP contribution in [-0.4, -0.2) is 44.6 Å². The lowest BCUT2D eigenvalue weighted by atomic mass is 10.1. The van der Waals surface area contributed by atoms with Crippen molar-refractivity contribution in [2.45, 2.75) is 19.4 Å². The summed E-state index contributed by atoms with van der Waals surface area (Å²) in [5, 5.41) is 16.7. The second-order valence-corrected chi connectivity index (χ2v) is 8.77. The van der Waals surface area contributed by atoms with E-state index in [1.165, 1.54) is 16.6 Å². The number of anilines is 2. The van der Waals surface area contributed by atoms with Crippen LogP contribution >= 0.6 is 0 Å². The minimum Gasteiger partial charge on any atom is -0.378 e. The van der Waals surface area contributed by atoms with Gasteiger partial charge in [-0.15, -0.1) is 0 Å². The van der Waals surface area contributed by atoms with E-state index in [0.29, 0.717) is 29.9 Å². The number of amides is 1. The number of hydrogen-bond donors (Lipinski definition) is 2.